The monoisotopic (exact) mass is 272 g/mol. The standard InChI is InChI=1S/C12H9FO.ClH.Ti/c13-10-6-7-12(14)11(8-10)9-4-2-1-3-5-9;;/h1-8,14H;1H;. The Labute approximate surface area is 115 Å². The van der Waals surface area contributed by atoms with Crippen LogP contribution in [0, 0.1) is 5.82 Å². The van der Waals surface area contributed by atoms with Gasteiger partial charge in [0.05, 0.1) is 0 Å². The van der Waals surface area contributed by atoms with E-state index in [2.05, 4.69) is 0 Å². The molecule has 1 nitrogen and oxygen atoms in total. The molecule has 4 heteroatoms. The number of rotatable bonds is 1. The van der Waals surface area contributed by atoms with Crippen LogP contribution in [-0.4, -0.2) is 5.11 Å². The molecule has 0 aliphatic heterocycles. The van der Waals surface area contributed by atoms with E-state index in [9.17, 15) is 9.50 Å². The van der Waals surface area contributed by atoms with Crippen molar-refractivity contribution in [1.29, 1.82) is 0 Å². The molecule has 0 bridgehead atoms. The van der Waals surface area contributed by atoms with Crippen LogP contribution in [0.15, 0.2) is 48.5 Å². The van der Waals surface area contributed by atoms with Crippen molar-refractivity contribution in [2.45, 2.75) is 0 Å². The Hall–Kier alpha value is -0.826. The summed E-state index contributed by atoms with van der Waals surface area (Å²) in [5.74, 6) is -0.251. The summed E-state index contributed by atoms with van der Waals surface area (Å²) >= 11 is 0. The Kier molecular flexibility index (Phi) is 6.35. The van der Waals surface area contributed by atoms with Crippen molar-refractivity contribution in [1.82, 2.24) is 0 Å². The number of halogens is 2. The van der Waals surface area contributed by atoms with Crippen LogP contribution in [0.2, 0.25) is 0 Å². The third-order valence-corrected chi connectivity index (χ3v) is 2.04. The third-order valence-electron chi connectivity index (χ3n) is 2.04. The van der Waals surface area contributed by atoms with Crippen LogP contribution in [0.5, 0.6) is 5.75 Å². The first-order valence-electron chi connectivity index (χ1n) is 4.31. The van der Waals surface area contributed by atoms with Gasteiger partial charge in [-0.2, -0.15) is 0 Å². The van der Waals surface area contributed by atoms with Gasteiger partial charge >= 0.3 is 0 Å². The molecule has 0 radical (unpaired) electrons. The molecule has 0 fully saturated rings. The molecular formula is C12H10ClFOTi. The van der Waals surface area contributed by atoms with Crippen LogP contribution in [0.25, 0.3) is 11.1 Å². The Balaban J connectivity index is 0.00000112. The number of benzene rings is 2. The molecule has 0 aliphatic carbocycles. The van der Waals surface area contributed by atoms with E-state index in [1.807, 2.05) is 30.3 Å². The second-order valence-electron chi connectivity index (χ2n) is 3.03. The molecule has 0 spiro atoms. The summed E-state index contributed by atoms with van der Waals surface area (Å²) in [4.78, 5) is 0. The van der Waals surface area contributed by atoms with E-state index in [-0.39, 0.29) is 45.7 Å². The molecule has 0 unspecified atom stereocenters. The number of aromatic hydroxyl groups is 1. The predicted molar refractivity (Wildman–Crippen MR) is 60.7 cm³/mol. The molecule has 2 aromatic rings. The van der Waals surface area contributed by atoms with Crippen LogP contribution < -0.4 is 0 Å². The zero-order chi connectivity index (χ0) is 9.97. The van der Waals surface area contributed by atoms with Crippen LogP contribution in [0.1, 0.15) is 0 Å². The van der Waals surface area contributed by atoms with Crippen molar-refractivity contribution >= 4 is 12.4 Å². The average molecular weight is 273 g/mol. The molecular weight excluding hydrogens is 262 g/mol. The van der Waals surface area contributed by atoms with Crippen LogP contribution in [-0.2, 0) is 21.7 Å². The number of phenolic OH excluding ortho intramolecular Hbond substituents is 1. The second kappa shape index (κ2) is 6.69. The van der Waals surface area contributed by atoms with Gasteiger partial charge in [-0.25, -0.2) is 4.39 Å². The minimum absolute atomic E-state index is 0. The summed E-state index contributed by atoms with van der Waals surface area (Å²) in [7, 11) is 0. The smallest absolute Gasteiger partial charge is 0.124 e. The number of phenols is 1. The predicted octanol–water partition coefficient (Wildman–Crippen LogP) is 3.62. The summed E-state index contributed by atoms with van der Waals surface area (Å²) in [6.45, 7) is 0. The van der Waals surface area contributed by atoms with E-state index < -0.39 is 0 Å². The molecule has 1 N–H and O–H groups in total. The van der Waals surface area contributed by atoms with E-state index in [4.69, 9.17) is 0 Å². The Bertz CT molecular complexity index is 448. The van der Waals surface area contributed by atoms with Gasteiger partial charge in [-0.05, 0) is 23.8 Å². The van der Waals surface area contributed by atoms with Crippen molar-refractivity contribution in [3.05, 3.63) is 54.3 Å². The van der Waals surface area contributed by atoms with Gasteiger partial charge in [-0.1, -0.05) is 30.3 Å². The largest absolute Gasteiger partial charge is 0.507 e. The zero-order valence-corrected chi connectivity index (χ0v) is 10.7. The van der Waals surface area contributed by atoms with Crippen LogP contribution >= 0.6 is 12.4 Å². The molecule has 2 rings (SSSR count). The molecule has 0 aliphatic rings. The molecule has 0 saturated carbocycles. The number of hydrogen-bond donors (Lipinski definition) is 1. The number of hydrogen-bond acceptors (Lipinski definition) is 1. The quantitative estimate of drug-likeness (QED) is 0.786. The fourth-order valence-corrected chi connectivity index (χ4v) is 1.36. The minimum Gasteiger partial charge on any atom is -0.507 e. The summed E-state index contributed by atoms with van der Waals surface area (Å²) in [5.41, 5.74) is 1.33. The van der Waals surface area contributed by atoms with Crippen LogP contribution in [0.3, 0.4) is 0 Å². The van der Waals surface area contributed by atoms with E-state index in [0.29, 0.717) is 5.56 Å². The van der Waals surface area contributed by atoms with Crippen molar-refractivity contribution < 1.29 is 31.2 Å². The van der Waals surface area contributed by atoms with Crippen molar-refractivity contribution in [3.8, 4) is 16.9 Å². The van der Waals surface area contributed by atoms with Gasteiger partial charge in [0.25, 0.3) is 0 Å². The SMILES string of the molecule is Cl.Oc1ccc(F)cc1-c1ccccc1.[Ti]. The van der Waals surface area contributed by atoms with E-state index in [0.717, 1.165) is 5.56 Å². The van der Waals surface area contributed by atoms with E-state index in [1.54, 1.807) is 0 Å². The normalized spacial score (nSPS) is 8.81. The van der Waals surface area contributed by atoms with Crippen molar-refractivity contribution in [2.75, 3.05) is 0 Å². The molecule has 82 valence electrons. The van der Waals surface area contributed by atoms with Gasteiger partial charge in [0.2, 0.25) is 0 Å². The van der Waals surface area contributed by atoms with E-state index >= 15 is 0 Å². The fraction of sp³-hybridized carbons (Fsp3) is 0. The topological polar surface area (TPSA) is 20.2 Å². The van der Waals surface area contributed by atoms with Gasteiger partial charge in [-0.3, -0.25) is 0 Å². The van der Waals surface area contributed by atoms with Gasteiger partial charge in [0, 0.05) is 27.3 Å². The molecule has 0 amide bonds. The molecule has 0 atom stereocenters. The van der Waals surface area contributed by atoms with Gasteiger partial charge in [0.15, 0.2) is 0 Å². The molecule has 0 heterocycles. The van der Waals surface area contributed by atoms with Gasteiger partial charge in [0.1, 0.15) is 11.6 Å². The molecule has 16 heavy (non-hydrogen) atoms. The maximum atomic E-state index is 12.9. The van der Waals surface area contributed by atoms with Gasteiger partial charge < -0.3 is 5.11 Å². The van der Waals surface area contributed by atoms with Crippen LogP contribution in [0.4, 0.5) is 4.39 Å². The minimum atomic E-state index is -0.346. The fourth-order valence-electron chi connectivity index (χ4n) is 1.36. The first kappa shape index (κ1) is 15.2. The summed E-state index contributed by atoms with van der Waals surface area (Å²) in [6, 6.07) is 13.1. The van der Waals surface area contributed by atoms with Gasteiger partial charge in [-0.15, -0.1) is 12.4 Å². The average Bonchev–Trinajstić information content (AvgIpc) is 2.23. The Morgan fingerprint density at radius 1 is 0.938 bits per heavy atom. The Morgan fingerprint density at radius 2 is 1.56 bits per heavy atom. The maximum Gasteiger partial charge on any atom is 0.124 e. The molecule has 0 aromatic heterocycles. The van der Waals surface area contributed by atoms with Crippen molar-refractivity contribution in [2.24, 2.45) is 0 Å². The summed E-state index contributed by atoms with van der Waals surface area (Å²) in [6.07, 6.45) is 0. The zero-order valence-electron chi connectivity index (χ0n) is 8.35. The van der Waals surface area contributed by atoms with E-state index in [1.165, 1.54) is 18.2 Å². The first-order valence-corrected chi connectivity index (χ1v) is 4.31. The summed E-state index contributed by atoms with van der Waals surface area (Å²) < 4.78 is 12.9. The van der Waals surface area contributed by atoms with Crippen molar-refractivity contribution in [3.63, 3.8) is 0 Å². The molecule has 0 saturated heterocycles. The second-order valence-corrected chi connectivity index (χ2v) is 3.03. The Morgan fingerprint density at radius 3 is 2.19 bits per heavy atom. The molecule has 2 aromatic carbocycles. The maximum absolute atomic E-state index is 12.9. The summed E-state index contributed by atoms with van der Waals surface area (Å²) in [5, 5.41) is 9.52. The third kappa shape index (κ3) is 3.34. The first-order chi connectivity index (χ1) is 6.77.